The molecule has 0 aliphatic carbocycles. The third kappa shape index (κ3) is 6.03. The molecule has 2 saturated heterocycles. The first-order chi connectivity index (χ1) is 20.0. The van der Waals surface area contributed by atoms with E-state index >= 15 is 0 Å². The van der Waals surface area contributed by atoms with E-state index in [1.165, 1.54) is 5.01 Å². The van der Waals surface area contributed by atoms with E-state index in [0.717, 1.165) is 16.9 Å². The highest BCUT2D eigenvalue weighted by molar-refractivity contribution is 5.92. The number of carbonyl (C=O) groups is 3. The molecule has 0 unspecified atom stereocenters. The zero-order valence-corrected chi connectivity index (χ0v) is 23.0. The van der Waals surface area contributed by atoms with Crippen LogP contribution in [0.3, 0.4) is 0 Å². The molecule has 2 aliphatic rings. The second-order valence-corrected chi connectivity index (χ2v) is 9.99. The molecule has 0 spiro atoms. The Morgan fingerprint density at radius 1 is 0.976 bits per heavy atom. The van der Waals surface area contributed by atoms with Crippen LogP contribution in [0.1, 0.15) is 22.7 Å². The van der Waals surface area contributed by atoms with Gasteiger partial charge in [-0.15, -0.1) is 6.42 Å². The summed E-state index contributed by atoms with van der Waals surface area (Å²) in [6.07, 6.45) is 5.52. The molecule has 2 aliphatic heterocycles. The summed E-state index contributed by atoms with van der Waals surface area (Å²) in [6.45, 7) is 0.848. The van der Waals surface area contributed by atoms with Gasteiger partial charge < -0.3 is 19.9 Å². The highest BCUT2D eigenvalue weighted by atomic mass is 16.5. The number of benzene rings is 3. The molecule has 210 valence electrons. The number of urea groups is 1. The Bertz CT molecular complexity index is 1410. The summed E-state index contributed by atoms with van der Waals surface area (Å²) < 4.78 is 5.26. The summed E-state index contributed by atoms with van der Waals surface area (Å²) in [5.41, 5.74) is 2.68. The van der Waals surface area contributed by atoms with Crippen molar-refractivity contribution in [3.8, 4) is 18.1 Å². The lowest BCUT2D eigenvalue weighted by Gasteiger charge is -2.55. The van der Waals surface area contributed by atoms with Crippen LogP contribution in [0.25, 0.3) is 0 Å². The number of piperazine rings is 1. The molecule has 2 fully saturated rings. The van der Waals surface area contributed by atoms with Gasteiger partial charge in [-0.1, -0.05) is 78.7 Å². The Kier molecular flexibility index (Phi) is 8.51. The highest BCUT2D eigenvalue weighted by Crippen LogP contribution is 2.35. The third-order valence-corrected chi connectivity index (χ3v) is 7.43. The molecule has 0 aromatic heterocycles. The molecule has 1 N–H and O–H groups in total. The van der Waals surface area contributed by atoms with Crippen LogP contribution >= 0.6 is 0 Å². The number of amides is 4. The molecular formula is C32H33N5O4. The molecule has 9 nitrogen and oxygen atoms in total. The van der Waals surface area contributed by atoms with Crippen molar-refractivity contribution in [2.24, 2.45) is 0 Å². The Morgan fingerprint density at radius 3 is 2.32 bits per heavy atom. The summed E-state index contributed by atoms with van der Waals surface area (Å²) in [5, 5.41) is 6.09. The average Bonchev–Trinajstić information content (AvgIpc) is 3.00. The van der Waals surface area contributed by atoms with Crippen molar-refractivity contribution in [2.45, 2.75) is 25.2 Å². The largest absolute Gasteiger partial charge is 0.497 e. The summed E-state index contributed by atoms with van der Waals surface area (Å²) in [6, 6.07) is 25.3. The molecule has 2 atom stereocenters. The number of nitrogens with zero attached hydrogens (tertiary/aromatic N) is 4. The smallest absolute Gasteiger partial charge is 0.334 e. The van der Waals surface area contributed by atoms with Gasteiger partial charge in [-0.25, -0.2) is 9.80 Å². The summed E-state index contributed by atoms with van der Waals surface area (Å²) in [4.78, 5) is 44.6. The normalized spacial score (nSPS) is 19.0. The van der Waals surface area contributed by atoms with Gasteiger partial charge in [0.25, 0.3) is 0 Å². The fourth-order valence-electron chi connectivity index (χ4n) is 5.40. The van der Waals surface area contributed by atoms with Crippen LogP contribution in [0, 0.1) is 12.3 Å². The van der Waals surface area contributed by atoms with Crippen molar-refractivity contribution < 1.29 is 19.1 Å². The van der Waals surface area contributed by atoms with Crippen LogP contribution in [0.2, 0.25) is 0 Å². The van der Waals surface area contributed by atoms with Gasteiger partial charge in [-0.05, 0) is 35.2 Å². The number of rotatable bonds is 8. The maximum absolute atomic E-state index is 14.0. The Balaban J connectivity index is 1.46. The zero-order valence-electron chi connectivity index (χ0n) is 23.0. The molecular weight excluding hydrogens is 518 g/mol. The maximum Gasteiger partial charge on any atom is 0.334 e. The van der Waals surface area contributed by atoms with Crippen molar-refractivity contribution in [1.82, 2.24) is 25.1 Å². The van der Waals surface area contributed by atoms with Gasteiger partial charge in [0, 0.05) is 13.1 Å². The lowest BCUT2D eigenvalue weighted by Crippen LogP contribution is -2.74. The second kappa shape index (κ2) is 12.6. The number of hydrogen-bond acceptors (Lipinski definition) is 5. The van der Waals surface area contributed by atoms with E-state index in [2.05, 4.69) is 11.2 Å². The van der Waals surface area contributed by atoms with Crippen molar-refractivity contribution in [3.63, 3.8) is 0 Å². The van der Waals surface area contributed by atoms with E-state index in [0.29, 0.717) is 25.1 Å². The van der Waals surface area contributed by atoms with Crippen LogP contribution in [0.15, 0.2) is 84.9 Å². The Labute approximate surface area is 240 Å². The van der Waals surface area contributed by atoms with Crippen LogP contribution in [0.5, 0.6) is 5.75 Å². The molecule has 2 heterocycles. The molecule has 5 rings (SSSR count). The zero-order chi connectivity index (χ0) is 28.8. The van der Waals surface area contributed by atoms with Gasteiger partial charge in [0.05, 0.1) is 26.7 Å². The number of terminal acetylenes is 1. The van der Waals surface area contributed by atoms with Crippen molar-refractivity contribution in [1.29, 1.82) is 0 Å². The van der Waals surface area contributed by atoms with Crippen LogP contribution in [0.4, 0.5) is 4.79 Å². The van der Waals surface area contributed by atoms with Gasteiger partial charge >= 0.3 is 6.03 Å². The number of hydrogen-bond donors (Lipinski definition) is 1. The van der Waals surface area contributed by atoms with Crippen LogP contribution < -0.4 is 10.1 Å². The van der Waals surface area contributed by atoms with Crippen molar-refractivity contribution in [2.75, 3.05) is 33.3 Å². The third-order valence-electron chi connectivity index (χ3n) is 7.43. The molecule has 3 aromatic rings. The van der Waals surface area contributed by atoms with Gasteiger partial charge in [0.15, 0.2) is 0 Å². The minimum Gasteiger partial charge on any atom is -0.497 e. The molecule has 3 aromatic carbocycles. The first-order valence-electron chi connectivity index (χ1n) is 13.6. The number of ether oxygens (including phenoxy) is 1. The lowest BCUT2D eigenvalue weighted by atomic mass is 9.98. The quantitative estimate of drug-likeness (QED) is 0.435. The maximum atomic E-state index is 14.0. The van der Waals surface area contributed by atoms with Crippen LogP contribution in [-0.2, 0) is 22.6 Å². The fourth-order valence-corrected chi connectivity index (χ4v) is 5.40. The number of methoxy groups -OCH3 is 1. The van der Waals surface area contributed by atoms with E-state index in [-0.39, 0.29) is 37.5 Å². The fraction of sp³-hybridized carbons (Fsp3) is 0.281. The topological polar surface area (TPSA) is 85.4 Å². The van der Waals surface area contributed by atoms with Crippen molar-refractivity contribution >= 4 is 17.8 Å². The molecule has 9 heteroatoms. The number of nitrogens with one attached hydrogen (secondary N) is 1. The predicted octanol–water partition coefficient (Wildman–Crippen LogP) is 3.05. The summed E-state index contributed by atoms with van der Waals surface area (Å²) >= 11 is 0. The number of fused-ring (bicyclic) bond motifs is 1. The second-order valence-electron chi connectivity index (χ2n) is 9.99. The monoisotopic (exact) mass is 551 g/mol. The Hall–Kier alpha value is -4.81. The van der Waals surface area contributed by atoms with E-state index in [9.17, 15) is 14.4 Å². The highest BCUT2D eigenvalue weighted by Gasteiger charge is 2.51. The molecule has 4 amide bonds. The molecule has 0 bridgehead atoms. The predicted molar refractivity (Wildman–Crippen MR) is 154 cm³/mol. The number of carbonyl (C=O) groups excluding carboxylic acids is 3. The van der Waals surface area contributed by atoms with Gasteiger partial charge in [0.1, 0.15) is 18.0 Å². The summed E-state index contributed by atoms with van der Waals surface area (Å²) in [7, 11) is 1.62. The minimum absolute atomic E-state index is 0.0740. The molecule has 0 saturated carbocycles. The Morgan fingerprint density at radius 2 is 1.66 bits per heavy atom. The first kappa shape index (κ1) is 27.7. The molecule has 41 heavy (non-hydrogen) atoms. The standard InChI is InChI=1S/C32H33N5O4/c1-3-19-35-23-29(38)36-28(37(35)32(40)33-21-25-10-6-4-7-11-25)22-34(20-18-24-14-16-27(41-2)17-15-24)31(39)30(36)26-12-8-5-9-13-26/h1,4-17,28,30H,18-23H2,2H3,(H,33,40)/t28-,30-/m0/s1. The minimum atomic E-state index is -0.865. The van der Waals surface area contributed by atoms with E-state index in [4.69, 9.17) is 11.2 Å². The first-order valence-corrected chi connectivity index (χ1v) is 13.6. The van der Waals surface area contributed by atoms with Crippen LogP contribution in [-0.4, -0.2) is 77.1 Å². The van der Waals surface area contributed by atoms with E-state index < -0.39 is 12.2 Å². The van der Waals surface area contributed by atoms with E-state index in [1.807, 2.05) is 84.9 Å². The molecule has 0 radical (unpaired) electrons. The lowest BCUT2D eigenvalue weighted by molar-refractivity contribution is -0.189. The summed E-state index contributed by atoms with van der Waals surface area (Å²) in [5.74, 6) is 2.90. The average molecular weight is 552 g/mol. The SMILES string of the molecule is C#CCN1CC(=O)N2[C@@H](c3ccccc3)C(=O)N(CCc3ccc(OC)cc3)C[C@@H]2N1C(=O)NCc1ccccc1. The van der Waals surface area contributed by atoms with Gasteiger partial charge in [-0.2, -0.15) is 5.01 Å². The van der Waals surface area contributed by atoms with Crippen molar-refractivity contribution in [3.05, 3.63) is 102 Å². The van der Waals surface area contributed by atoms with E-state index in [1.54, 1.807) is 21.9 Å². The number of hydrazine groups is 1. The van der Waals surface area contributed by atoms with Gasteiger partial charge in [-0.3, -0.25) is 9.59 Å². The van der Waals surface area contributed by atoms with Gasteiger partial charge in [0.2, 0.25) is 11.8 Å².